The number of H-pyrrole nitrogens is 1. The smallest absolute Gasteiger partial charge is 0.339 e. The fourth-order valence-corrected chi connectivity index (χ4v) is 3.12. The molecule has 2 heterocycles. The lowest BCUT2D eigenvalue weighted by Gasteiger charge is -2.37. The average Bonchev–Trinajstić information content (AvgIpc) is 2.82. The van der Waals surface area contributed by atoms with Gasteiger partial charge in [0.25, 0.3) is 0 Å². The molecule has 1 aliphatic rings. The highest BCUT2D eigenvalue weighted by Crippen LogP contribution is 2.25. The normalized spacial score (nSPS) is 22.5. The van der Waals surface area contributed by atoms with Crippen LogP contribution >= 0.6 is 0 Å². The third-order valence-corrected chi connectivity index (χ3v) is 4.38. The molecule has 22 heavy (non-hydrogen) atoms. The predicted octanol–water partition coefficient (Wildman–Crippen LogP) is 2.18. The van der Waals surface area contributed by atoms with Crippen molar-refractivity contribution in [3.05, 3.63) is 23.0 Å². The van der Waals surface area contributed by atoms with E-state index in [0.29, 0.717) is 18.7 Å². The number of aryl methyl sites for hydroxylation is 1. The summed E-state index contributed by atoms with van der Waals surface area (Å²) in [6.07, 6.45) is 1.61. The van der Waals surface area contributed by atoms with Crippen LogP contribution in [0, 0.1) is 12.8 Å². The van der Waals surface area contributed by atoms with Gasteiger partial charge in [-0.1, -0.05) is 0 Å². The van der Waals surface area contributed by atoms with Gasteiger partial charge in [-0.25, -0.2) is 4.79 Å². The average molecular weight is 308 g/mol. The molecule has 0 aromatic carbocycles. The molecule has 2 atom stereocenters. The number of carbonyl (C=O) groups excluding carboxylic acids is 1. The number of carboxylic acid groups (broad SMARTS) is 1. The van der Waals surface area contributed by atoms with Crippen molar-refractivity contribution in [2.75, 3.05) is 13.2 Å². The van der Waals surface area contributed by atoms with Crippen molar-refractivity contribution in [2.24, 2.45) is 5.92 Å². The van der Waals surface area contributed by atoms with Gasteiger partial charge in [-0.15, -0.1) is 0 Å². The van der Waals surface area contributed by atoms with Crippen LogP contribution in [0.2, 0.25) is 0 Å². The molecule has 1 aromatic rings. The van der Waals surface area contributed by atoms with Gasteiger partial charge in [0.15, 0.2) is 0 Å². The third-order valence-electron chi connectivity index (χ3n) is 4.38. The van der Waals surface area contributed by atoms with Crippen LogP contribution in [0.25, 0.3) is 0 Å². The molecular weight excluding hydrogens is 284 g/mol. The maximum absolute atomic E-state index is 11.8. The number of likely N-dealkylation sites (tertiary alicyclic amines) is 1. The number of nitrogens with one attached hydrogen (secondary N) is 1. The Morgan fingerprint density at radius 1 is 1.50 bits per heavy atom. The van der Waals surface area contributed by atoms with Crippen LogP contribution in [0.3, 0.4) is 0 Å². The number of nitrogens with zero attached hydrogens (tertiary/aromatic N) is 1. The number of aliphatic carboxylic acids is 1. The van der Waals surface area contributed by atoms with E-state index >= 15 is 0 Å². The number of piperidine rings is 1. The fourth-order valence-electron chi connectivity index (χ4n) is 3.12. The number of rotatable bonds is 5. The van der Waals surface area contributed by atoms with Crippen molar-refractivity contribution in [2.45, 2.75) is 46.2 Å². The summed E-state index contributed by atoms with van der Waals surface area (Å²) in [4.78, 5) is 28.5. The number of carboxylic acids is 1. The van der Waals surface area contributed by atoms with Gasteiger partial charge in [0.1, 0.15) is 0 Å². The second kappa shape index (κ2) is 6.96. The first-order valence-electron chi connectivity index (χ1n) is 7.76. The highest BCUT2D eigenvalue weighted by molar-refractivity contribution is 5.90. The Bertz CT molecular complexity index is 552. The summed E-state index contributed by atoms with van der Waals surface area (Å²) in [7, 11) is 0. The SMILES string of the molecule is CCOC(=O)c1cc(CN2CCC[C@H](C(=O)O)[C@@H]2C)[nH]c1C. The number of aromatic amines is 1. The van der Waals surface area contributed by atoms with Crippen molar-refractivity contribution in [1.82, 2.24) is 9.88 Å². The molecule has 0 unspecified atom stereocenters. The Kier molecular flexibility index (Phi) is 5.24. The molecule has 0 amide bonds. The van der Waals surface area contributed by atoms with Crippen molar-refractivity contribution in [1.29, 1.82) is 0 Å². The molecular formula is C16H24N2O4. The van der Waals surface area contributed by atoms with Gasteiger partial charge >= 0.3 is 11.9 Å². The molecule has 1 fully saturated rings. The highest BCUT2D eigenvalue weighted by Gasteiger charge is 2.33. The summed E-state index contributed by atoms with van der Waals surface area (Å²) in [6.45, 7) is 7.42. The maximum atomic E-state index is 11.8. The van der Waals surface area contributed by atoms with Crippen molar-refractivity contribution in [3.63, 3.8) is 0 Å². The number of hydrogen-bond acceptors (Lipinski definition) is 4. The summed E-state index contributed by atoms with van der Waals surface area (Å²) in [6, 6.07) is 1.80. The summed E-state index contributed by atoms with van der Waals surface area (Å²) >= 11 is 0. The van der Waals surface area contributed by atoms with E-state index in [-0.39, 0.29) is 17.9 Å². The molecule has 1 aromatic heterocycles. The van der Waals surface area contributed by atoms with Crippen LogP contribution in [-0.2, 0) is 16.1 Å². The molecule has 1 aliphatic heterocycles. The van der Waals surface area contributed by atoms with Crippen molar-refractivity contribution >= 4 is 11.9 Å². The first-order chi connectivity index (χ1) is 10.4. The molecule has 6 nitrogen and oxygen atoms in total. The molecule has 0 radical (unpaired) electrons. The zero-order chi connectivity index (χ0) is 16.3. The summed E-state index contributed by atoms with van der Waals surface area (Å²) in [5, 5.41) is 9.28. The van der Waals surface area contributed by atoms with Crippen LogP contribution < -0.4 is 0 Å². The first kappa shape index (κ1) is 16.5. The molecule has 1 saturated heterocycles. The molecule has 0 spiro atoms. The topological polar surface area (TPSA) is 82.6 Å². The molecule has 0 aliphatic carbocycles. The van der Waals surface area contributed by atoms with Crippen molar-refractivity contribution < 1.29 is 19.4 Å². The second-order valence-electron chi connectivity index (χ2n) is 5.85. The number of ether oxygens (including phenoxy) is 1. The molecule has 0 bridgehead atoms. The van der Waals surface area contributed by atoms with E-state index in [1.807, 2.05) is 19.9 Å². The zero-order valence-corrected chi connectivity index (χ0v) is 13.4. The van der Waals surface area contributed by atoms with Gasteiger partial charge in [0.05, 0.1) is 18.1 Å². The molecule has 0 saturated carbocycles. The van der Waals surface area contributed by atoms with E-state index in [1.54, 1.807) is 6.92 Å². The number of carbonyl (C=O) groups is 2. The maximum Gasteiger partial charge on any atom is 0.339 e. The Morgan fingerprint density at radius 2 is 2.23 bits per heavy atom. The second-order valence-corrected chi connectivity index (χ2v) is 5.85. The predicted molar refractivity (Wildman–Crippen MR) is 81.7 cm³/mol. The summed E-state index contributed by atoms with van der Waals surface area (Å²) in [5.41, 5.74) is 2.25. The first-order valence-corrected chi connectivity index (χ1v) is 7.76. The Balaban J connectivity index is 2.09. The van der Waals surface area contributed by atoms with Gasteiger partial charge in [-0.3, -0.25) is 9.69 Å². The summed E-state index contributed by atoms with van der Waals surface area (Å²) in [5.74, 6) is -1.38. The van der Waals surface area contributed by atoms with Crippen LogP contribution in [0.4, 0.5) is 0 Å². The van der Waals surface area contributed by atoms with Gasteiger partial charge in [0, 0.05) is 24.0 Å². The Labute approximate surface area is 130 Å². The molecule has 2 N–H and O–H groups in total. The van der Waals surface area contributed by atoms with Crippen LogP contribution in [0.1, 0.15) is 48.4 Å². The van der Waals surface area contributed by atoms with E-state index in [9.17, 15) is 14.7 Å². The largest absolute Gasteiger partial charge is 0.481 e. The van der Waals surface area contributed by atoms with Gasteiger partial charge in [-0.2, -0.15) is 0 Å². The minimum absolute atomic E-state index is 0.0131. The molecule has 6 heteroatoms. The fraction of sp³-hybridized carbons (Fsp3) is 0.625. The van der Waals surface area contributed by atoms with Crippen LogP contribution in [-0.4, -0.2) is 46.1 Å². The minimum atomic E-state index is -0.730. The lowest BCUT2D eigenvalue weighted by molar-refractivity contribution is -0.145. The van der Waals surface area contributed by atoms with Crippen LogP contribution in [0.5, 0.6) is 0 Å². The lowest BCUT2D eigenvalue weighted by atomic mass is 9.90. The molecule has 122 valence electrons. The van der Waals surface area contributed by atoms with Gasteiger partial charge < -0.3 is 14.8 Å². The summed E-state index contributed by atoms with van der Waals surface area (Å²) < 4.78 is 5.03. The third kappa shape index (κ3) is 3.50. The van der Waals surface area contributed by atoms with E-state index in [1.165, 1.54) is 0 Å². The highest BCUT2D eigenvalue weighted by atomic mass is 16.5. The Hall–Kier alpha value is -1.82. The quantitative estimate of drug-likeness (QED) is 0.815. The minimum Gasteiger partial charge on any atom is -0.481 e. The zero-order valence-electron chi connectivity index (χ0n) is 13.4. The van der Waals surface area contributed by atoms with E-state index in [2.05, 4.69) is 9.88 Å². The number of hydrogen-bond donors (Lipinski definition) is 2. The monoisotopic (exact) mass is 308 g/mol. The molecule has 2 rings (SSSR count). The van der Waals surface area contributed by atoms with Gasteiger partial charge in [-0.05, 0) is 46.2 Å². The lowest BCUT2D eigenvalue weighted by Crippen LogP contribution is -2.45. The number of esters is 1. The van der Waals surface area contributed by atoms with E-state index in [4.69, 9.17) is 4.74 Å². The standard InChI is InChI=1S/C16H24N2O4/c1-4-22-16(21)14-8-12(17-10(14)2)9-18-7-5-6-13(11(18)3)15(19)20/h8,11,13,17H,4-7,9H2,1-3H3,(H,19,20)/t11-,13-/m0/s1. The van der Waals surface area contributed by atoms with Crippen LogP contribution in [0.15, 0.2) is 6.07 Å². The van der Waals surface area contributed by atoms with E-state index < -0.39 is 5.97 Å². The van der Waals surface area contributed by atoms with Gasteiger partial charge in [0.2, 0.25) is 0 Å². The Morgan fingerprint density at radius 3 is 2.86 bits per heavy atom. The van der Waals surface area contributed by atoms with Crippen molar-refractivity contribution in [3.8, 4) is 0 Å². The number of aromatic nitrogens is 1. The van der Waals surface area contributed by atoms with E-state index in [0.717, 1.165) is 30.8 Å².